The molecule has 1 amide bonds. The van der Waals surface area contributed by atoms with Crippen LogP contribution >= 0.6 is 0 Å². The van der Waals surface area contributed by atoms with Crippen molar-refractivity contribution in [2.24, 2.45) is 0 Å². The molecule has 34 heavy (non-hydrogen) atoms. The first-order valence-corrected chi connectivity index (χ1v) is 11.7. The van der Waals surface area contributed by atoms with Gasteiger partial charge in [-0.2, -0.15) is 0 Å². The van der Waals surface area contributed by atoms with Crippen molar-refractivity contribution in [3.05, 3.63) is 82.9 Å². The van der Waals surface area contributed by atoms with Gasteiger partial charge in [0, 0.05) is 18.7 Å². The van der Waals surface area contributed by atoms with Crippen LogP contribution in [0.2, 0.25) is 0 Å². The normalized spacial score (nSPS) is 17.4. The number of aliphatic hydroxyl groups excluding tert-OH is 1. The molecule has 1 atom stereocenters. The Hall–Kier alpha value is -3.38. The van der Waals surface area contributed by atoms with Crippen LogP contribution in [0, 0.1) is 13.8 Å². The lowest BCUT2D eigenvalue weighted by atomic mass is 9.94. The van der Waals surface area contributed by atoms with Crippen LogP contribution in [0.25, 0.3) is 5.76 Å². The molecular formula is C28H34N2O4. The number of ketones is 1. The Labute approximate surface area is 202 Å². The number of hydrogen-bond donors (Lipinski definition) is 1. The van der Waals surface area contributed by atoms with E-state index in [2.05, 4.69) is 25.3 Å². The fraction of sp³-hybridized carbons (Fsp3) is 0.357. The molecule has 0 aliphatic carbocycles. The van der Waals surface area contributed by atoms with Gasteiger partial charge in [-0.1, -0.05) is 56.3 Å². The number of hydrogen-bond acceptors (Lipinski definition) is 5. The fourth-order valence-corrected chi connectivity index (χ4v) is 4.26. The number of aryl methyl sites for hydroxylation is 2. The minimum atomic E-state index is -0.660. The maximum absolute atomic E-state index is 13.2. The fourth-order valence-electron chi connectivity index (χ4n) is 4.26. The molecule has 1 aliphatic rings. The summed E-state index contributed by atoms with van der Waals surface area (Å²) in [6, 6.07) is 12.3. The molecule has 6 nitrogen and oxygen atoms in total. The number of likely N-dealkylation sites (N-methyl/N-ethyl adjacent to an activating group) is 1. The van der Waals surface area contributed by atoms with E-state index in [0.29, 0.717) is 31.0 Å². The van der Waals surface area contributed by atoms with Crippen LogP contribution in [-0.2, 0) is 9.59 Å². The van der Waals surface area contributed by atoms with Crippen molar-refractivity contribution in [1.82, 2.24) is 9.80 Å². The second-order valence-corrected chi connectivity index (χ2v) is 8.51. The summed E-state index contributed by atoms with van der Waals surface area (Å²) < 4.78 is 5.63. The predicted molar refractivity (Wildman–Crippen MR) is 135 cm³/mol. The molecular weight excluding hydrogens is 428 g/mol. The Morgan fingerprint density at radius 3 is 2.38 bits per heavy atom. The first-order valence-electron chi connectivity index (χ1n) is 11.7. The lowest BCUT2D eigenvalue weighted by Gasteiger charge is -2.28. The Balaban J connectivity index is 2.07. The minimum Gasteiger partial charge on any atom is -0.507 e. The summed E-state index contributed by atoms with van der Waals surface area (Å²) in [6.45, 7) is 14.8. The summed E-state index contributed by atoms with van der Waals surface area (Å²) in [6.07, 6.45) is 1.66. The van der Waals surface area contributed by atoms with Gasteiger partial charge in [-0.15, -0.1) is 0 Å². The first-order chi connectivity index (χ1) is 16.3. The van der Waals surface area contributed by atoms with Crippen molar-refractivity contribution in [2.45, 2.75) is 33.7 Å². The van der Waals surface area contributed by atoms with E-state index in [4.69, 9.17) is 4.74 Å². The van der Waals surface area contributed by atoms with Gasteiger partial charge in [-0.3, -0.25) is 9.59 Å². The van der Waals surface area contributed by atoms with Gasteiger partial charge >= 0.3 is 0 Å². The largest absolute Gasteiger partial charge is 0.507 e. The topological polar surface area (TPSA) is 70.1 Å². The highest BCUT2D eigenvalue weighted by molar-refractivity contribution is 6.46. The van der Waals surface area contributed by atoms with Gasteiger partial charge in [-0.25, -0.2) is 0 Å². The van der Waals surface area contributed by atoms with E-state index in [1.807, 2.05) is 38.1 Å². The zero-order chi connectivity index (χ0) is 24.8. The Morgan fingerprint density at radius 1 is 1.12 bits per heavy atom. The van der Waals surface area contributed by atoms with Crippen LogP contribution in [0.4, 0.5) is 0 Å². The van der Waals surface area contributed by atoms with Crippen molar-refractivity contribution in [1.29, 1.82) is 0 Å². The van der Waals surface area contributed by atoms with Gasteiger partial charge < -0.3 is 19.6 Å². The highest BCUT2D eigenvalue weighted by atomic mass is 16.5. The zero-order valence-corrected chi connectivity index (χ0v) is 20.5. The molecule has 1 heterocycles. The smallest absolute Gasteiger partial charge is 0.295 e. The number of likely N-dealkylation sites (tertiary alicyclic amines) is 1. The number of ether oxygens (including phenoxy) is 1. The van der Waals surface area contributed by atoms with Crippen molar-refractivity contribution >= 4 is 17.4 Å². The average Bonchev–Trinajstić information content (AvgIpc) is 3.09. The third-order valence-corrected chi connectivity index (χ3v) is 6.29. The van der Waals surface area contributed by atoms with Crippen LogP contribution in [0.1, 0.15) is 42.1 Å². The van der Waals surface area contributed by atoms with E-state index in [-0.39, 0.29) is 11.3 Å². The molecule has 1 N–H and O–H groups in total. The highest BCUT2D eigenvalue weighted by Gasteiger charge is 2.45. The molecule has 0 unspecified atom stereocenters. The first kappa shape index (κ1) is 25.2. The maximum atomic E-state index is 13.2. The maximum Gasteiger partial charge on any atom is 0.295 e. The van der Waals surface area contributed by atoms with Crippen LogP contribution in [-0.4, -0.2) is 59.4 Å². The number of rotatable bonds is 10. The number of carbonyl (C=O) groups is 2. The van der Waals surface area contributed by atoms with Crippen molar-refractivity contribution in [3.8, 4) is 5.75 Å². The van der Waals surface area contributed by atoms with Crippen molar-refractivity contribution in [3.63, 3.8) is 0 Å². The molecule has 1 saturated heterocycles. The van der Waals surface area contributed by atoms with Gasteiger partial charge in [0.2, 0.25) is 0 Å². The van der Waals surface area contributed by atoms with Gasteiger partial charge in [0.1, 0.15) is 18.1 Å². The molecule has 6 heteroatoms. The lowest BCUT2D eigenvalue weighted by molar-refractivity contribution is -0.140. The Bertz CT molecular complexity index is 1080. The Morgan fingerprint density at radius 2 is 1.79 bits per heavy atom. The highest BCUT2D eigenvalue weighted by Crippen LogP contribution is 2.39. The molecule has 0 saturated carbocycles. The molecule has 2 aromatic carbocycles. The number of Topliss-reactive ketones (excluding diaryl/α,β-unsaturated/α-hetero) is 1. The monoisotopic (exact) mass is 462 g/mol. The summed E-state index contributed by atoms with van der Waals surface area (Å²) in [5.74, 6) is -0.743. The van der Waals surface area contributed by atoms with E-state index < -0.39 is 17.7 Å². The summed E-state index contributed by atoms with van der Waals surface area (Å²) >= 11 is 0. The summed E-state index contributed by atoms with van der Waals surface area (Å²) in [4.78, 5) is 30.1. The number of aliphatic hydroxyl groups is 1. The third kappa shape index (κ3) is 5.23. The molecule has 0 bridgehead atoms. The lowest BCUT2D eigenvalue weighted by Crippen LogP contribution is -2.38. The van der Waals surface area contributed by atoms with Crippen LogP contribution in [0.3, 0.4) is 0 Å². The number of nitrogens with zero attached hydrogens (tertiary/aromatic N) is 2. The summed E-state index contributed by atoms with van der Waals surface area (Å²) in [5, 5.41) is 11.3. The standard InChI is InChI=1S/C28H34N2O4/c1-6-17-34-23-14-13-22(18-20(23)5)26(31)24-25(21-11-9-19(4)10-12-21)30(28(33)27(24)32)16-15-29(7-2)8-3/h6,9-14,18,25,31H,1,7-8,15-17H2,2-5H3/t25-/m1/s1. The molecule has 3 rings (SSSR count). The van der Waals surface area contributed by atoms with Gasteiger partial charge in [-0.05, 0) is 56.3 Å². The van der Waals surface area contributed by atoms with E-state index in [0.717, 1.165) is 29.8 Å². The van der Waals surface area contributed by atoms with E-state index in [1.165, 1.54) is 0 Å². The van der Waals surface area contributed by atoms with Gasteiger partial charge in [0.15, 0.2) is 0 Å². The predicted octanol–water partition coefficient (Wildman–Crippen LogP) is 4.63. The summed E-state index contributed by atoms with van der Waals surface area (Å²) in [5.41, 5.74) is 3.28. The average molecular weight is 463 g/mol. The number of amides is 1. The van der Waals surface area contributed by atoms with E-state index >= 15 is 0 Å². The van der Waals surface area contributed by atoms with Gasteiger partial charge in [0.25, 0.3) is 11.7 Å². The van der Waals surface area contributed by atoms with E-state index in [1.54, 1.807) is 29.2 Å². The van der Waals surface area contributed by atoms with E-state index in [9.17, 15) is 14.7 Å². The summed E-state index contributed by atoms with van der Waals surface area (Å²) in [7, 11) is 0. The molecule has 180 valence electrons. The number of benzene rings is 2. The van der Waals surface area contributed by atoms with Gasteiger partial charge in [0.05, 0.1) is 11.6 Å². The van der Waals surface area contributed by atoms with Crippen molar-refractivity contribution < 1.29 is 19.4 Å². The number of carbonyl (C=O) groups excluding carboxylic acids is 2. The minimum absolute atomic E-state index is 0.118. The van der Waals surface area contributed by atoms with Crippen LogP contribution in [0.5, 0.6) is 5.75 Å². The molecule has 2 aromatic rings. The van der Waals surface area contributed by atoms with Crippen molar-refractivity contribution in [2.75, 3.05) is 32.8 Å². The second kappa shape index (κ2) is 11.2. The van der Waals surface area contributed by atoms with Crippen LogP contribution in [0.15, 0.2) is 60.7 Å². The molecule has 0 spiro atoms. The third-order valence-electron chi connectivity index (χ3n) is 6.29. The second-order valence-electron chi connectivity index (χ2n) is 8.51. The molecule has 1 fully saturated rings. The molecule has 0 aromatic heterocycles. The molecule has 0 radical (unpaired) electrons. The zero-order valence-electron chi connectivity index (χ0n) is 20.5. The quantitative estimate of drug-likeness (QED) is 0.241. The SMILES string of the molecule is C=CCOc1ccc(C(O)=C2C(=O)C(=O)N(CCN(CC)CC)[C@@H]2c2ccc(C)cc2)cc1C. The molecule has 1 aliphatic heterocycles. The van der Waals surface area contributed by atoms with Crippen LogP contribution < -0.4 is 4.74 Å². The Kier molecular flexibility index (Phi) is 8.29.